The van der Waals surface area contributed by atoms with Crippen molar-refractivity contribution in [2.24, 2.45) is 0 Å². The third-order valence-corrected chi connectivity index (χ3v) is 1.57. The van der Waals surface area contributed by atoms with Crippen LogP contribution >= 0.6 is 0 Å². The highest BCUT2D eigenvalue weighted by Crippen LogP contribution is 2.14. The molecular weight excluding hydrogens is 168 g/mol. The number of pyridine rings is 1. The van der Waals surface area contributed by atoms with Gasteiger partial charge in [-0.2, -0.15) is 0 Å². The lowest BCUT2D eigenvalue weighted by atomic mass is 10.4. The molecule has 0 fully saturated rings. The van der Waals surface area contributed by atoms with Gasteiger partial charge in [0.05, 0.1) is 24.7 Å². The van der Waals surface area contributed by atoms with Crippen LogP contribution in [0, 0.1) is 0 Å². The Hall–Kier alpha value is -1.29. The quantitative estimate of drug-likeness (QED) is 0.664. The van der Waals surface area contributed by atoms with Gasteiger partial charge >= 0.3 is 0 Å². The number of aromatic nitrogens is 1. The van der Waals surface area contributed by atoms with Crippen LogP contribution in [0.3, 0.4) is 0 Å². The van der Waals surface area contributed by atoms with Crippen molar-refractivity contribution >= 4 is 5.69 Å². The van der Waals surface area contributed by atoms with Gasteiger partial charge in [-0.1, -0.05) is 0 Å². The maximum absolute atomic E-state index is 8.54. The molecule has 0 saturated carbocycles. The van der Waals surface area contributed by atoms with Crippen molar-refractivity contribution in [3.63, 3.8) is 0 Å². The van der Waals surface area contributed by atoms with Crippen LogP contribution in [0.15, 0.2) is 18.5 Å². The van der Waals surface area contributed by atoms with Crippen LogP contribution in [0.2, 0.25) is 0 Å². The van der Waals surface area contributed by atoms with Crippen molar-refractivity contribution in [3.8, 4) is 5.75 Å². The molecule has 1 aromatic heterocycles. The molecule has 4 nitrogen and oxygen atoms in total. The summed E-state index contributed by atoms with van der Waals surface area (Å²) >= 11 is 0. The van der Waals surface area contributed by atoms with E-state index in [9.17, 15) is 0 Å². The third kappa shape index (κ3) is 3.29. The van der Waals surface area contributed by atoms with Crippen molar-refractivity contribution in [2.45, 2.75) is 6.42 Å². The molecule has 0 saturated heterocycles. The van der Waals surface area contributed by atoms with Crippen LogP contribution in [-0.2, 0) is 0 Å². The van der Waals surface area contributed by atoms with Crippen molar-refractivity contribution in [3.05, 3.63) is 18.5 Å². The molecule has 0 unspecified atom stereocenters. The molecule has 0 aliphatic carbocycles. The highest BCUT2D eigenvalue weighted by atomic mass is 16.5. The molecule has 0 aliphatic rings. The number of anilines is 1. The van der Waals surface area contributed by atoms with E-state index in [-0.39, 0.29) is 6.61 Å². The van der Waals surface area contributed by atoms with Gasteiger partial charge in [0, 0.05) is 26.1 Å². The summed E-state index contributed by atoms with van der Waals surface area (Å²) in [6, 6.07) is 1.87. The average Bonchev–Trinajstić information content (AvgIpc) is 2.19. The Bertz CT molecular complexity index is 253. The normalized spacial score (nSPS) is 9.69. The van der Waals surface area contributed by atoms with Crippen LogP contribution in [0.5, 0.6) is 5.75 Å². The van der Waals surface area contributed by atoms with E-state index in [1.165, 1.54) is 0 Å². The highest BCUT2D eigenvalue weighted by Gasteiger charge is 1.95. The molecule has 13 heavy (non-hydrogen) atoms. The first-order chi connectivity index (χ1) is 6.36. The van der Waals surface area contributed by atoms with Gasteiger partial charge in [-0.25, -0.2) is 0 Å². The fourth-order valence-electron chi connectivity index (χ4n) is 0.889. The lowest BCUT2D eigenvalue weighted by Crippen LogP contribution is -2.00. The van der Waals surface area contributed by atoms with E-state index in [1.807, 2.05) is 13.1 Å². The molecule has 0 radical (unpaired) electrons. The van der Waals surface area contributed by atoms with Crippen LogP contribution in [0.25, 0.3) is 0 Å². The van der Waals surface area contributed by atoms with Crippen LogP contribution in [-0.4, -0.2) is 30.4 Å². The van der Waals surface area contributed by atoms with Crippen LogP contribution in [0.1, 0.15) is 6.42 Å². The fourth-order valence-corrected chi connectivity index (χ4v) is 0.889. The number of hydrogen-bond acceptors (Lipinski definition) is 4. The van der Waals surface area contributed by atoms with Gasteiger partial charge in [-0.05, 0) is 0 Å². The topological polar surface area (TPSA) is 54.4 Å². The van der Waals surface area contributed by atoms with E-state index in [0.29, 0.717) is 13.0 Å². The summed E-state index contributed by atoms with van der Waals surface area (Å²) in [5.74, 6) is 0.723. The average molecular weight is 182 g/mol. The standard InChI is InChI=1S/C9H14N2O2/c1-10-8-5-9(7-11-6-8)13-4-2-3-12/h5-7,10,12H,2-4H2,1H3. The van der Waals surface area contributed by atoms with Gasteiger partial charge < -0.3 is 15.2 Å². The molecule has 1 rings (SSSR count). The van der Waals surface area contributed by atoms with Gasteiger partial charge in [0.1, 0.15) is 5.75 Å². The Morgan fingerprint density at radius 1 is 1.54 bits per heavy atom. The summed E-state index contributed by atoms with van der Waals surface area (Å²) in [5.41, 5.74) is 0.918. The smallest absolute Gasteiger partial charge is 0.139 e. The third-order valence-electron chi connectivity index (χ3n) is 1.57. The molecule has 1 heterocycles. The van der Waals surface area contributed by atoms with E-state index < -0.39 is 0 Å². The van der Waals surface area contributed by atoms with Crippen LogP contribution < -0.4 is 10.1 Å². The van der Waals surface area contributed by atoms with Crippen molar-refractivity contribution in [1.82, 2.24) is 4.98 Å². The highest BCUT2D eigenvalue weighted by molar-refractivity contribution is 5.44. The van der Waals surface area contributed by atoms with E-state index in [2.05, 4.69) is 10.3 Å². The number of hydrogen-bond donors (Lipinski definition) is 2. The maximum Gasteiger partial charge on any atom is 0.139 e. The number of ether oxygens (including phenoxy) is 1. The van der Waals surface area contributed by atoms with Crippen LogP contribution in [0.4, 0.5) is 5.69 Å². The Kier molecular flexibility index (Phi) is 4.05. The Morgan fingerprint density at radius 3 is 3.08 bits per heavy atom. The van der Waals surface area contributed by atoms with Gasteiger partial charge in [-0.15, -0.1) is 0 Å². The lowest BCUT2D eigenvalue weighted by Gasteiger charge is -2.05. The molecule has 0 atom stereocenters. The Morgan fingerprint density at radius 2 is 2.38 bits per heavy atom. The molecular formula is C9H14N2O2. The number of aliphatic hydroxyl groups is 1. The molecule has 1 aromatic rings. The van der Waals surface area contributed by atoms with Crippen molar-refractivity contribution in [1.29, 1.82) is 0 Å². The van der Waals surface area contributed by atoms with E-state index >= 15 is 0 Å². The minimum Gasteiger partial charge on any atom is -0.492 e. The molecule has 0 bridgehead atoms. The Balaban J connectivity index is 2.46. The lowest BCUT2D eigenvalue weighted by molar-refractivity contribution is 0.233. The minimum absolute atomic E-state index is 0.152. The second kappa shape index (κ2) is 5.37. The van der Waals surface area contributed by atoms with Gasteiger partial charge in [0.25, 0.3) is 0 Å². The van der Waals surface area contributed by atoms with E-state index in [1.54, 1.807) is 12.4 Å². The predicted molar refractivity (Wildman–Crippen MR) is 51.0 cm³/mol. The molecule has 0 spiro atoms. The fraction of sp³-hybridized carbons (Fsp3) is 0.444. The molecule has 0 amide bonds. The number of rotatable bonds is 5. The zero-order valence-electron chi connectivity index (χ0n) is 7.66. The Labute approximate surface area is 77.6 Å². The van der Waals surface area contributed by atoms with E-state index in [0.717, 1.165) is 11.4 Å². The van der Waals surface area contributed by atoms with E-state index in [4.69, 9.17) is 9.84 Å². The summed E-state index contributed by atoms with van der Waals surface area (Å²) in [4.78, 5) is 3.98. The summed E-state index contributed by atoms with van der Waals surface area (Å²) in [5, 5.41) is 11.5. The summed E-state index contributed by atoms with van der Waals surface area (Å²) < 4.78 is 5.33. The van der Waals surface area contributed by atoms with Gasteiger partial charge in [0.2, 0.25) is 0 Å². The summed E-state index contributed by atoms with van der Waals surface area (Å²) in [6.45, 7) is 0.671. The predicted octanol–water partition coefficient (Wildman–Crippen LogP) is 0.884. The second-order valence-electron chi connectivity index (χ2n) is 2.58. The first kappa shape index (κ1) is 9.80. The summed E-state index contributed by atoms with van der Waals surface area (Å²) in [6.07, 6.45) is 4.01. The monoisotopic (exact) mass is 182 g/mol. The van der Waals surface area contributed by atoms with Gasteiger partial charge in [-0.3, -0.25) is 4.98 Å². The molecule has 2 N–H and O–H groups in total. The largest absolute Gasteiger partial charge is 0.492 e. The zero-order chi connectivity index (χ0) is 9.52. The SMILES string of the molecule is CNc1cncc(OCCCO)c1. The molecule has 72 valence electrons. The zero-order valence-corrected chi connectivity index (χ0v) is 7.66. The van der Waals surface area contributed by atoms with Crippen molar-refractivity contribution < 1.29 is 9.84 Å². The first-order valence-electron chi connectivity index (χ1n) is 4.23. The number of aliphatic hydroxyl groups excluding tert-OH is 1. The maximum atomic E-state index is 8.54. The second-order valence-corrected chi connectivity index (χ2v) is 2.58. The molecule has 0 aliphatic heterocycles. The molecule has 0 aromatic carbocycles. The van der Waals surface area contributed by atoms with Gasteiger partial charge in [0.15, 0.2) is 0 Å². The van der Waals surface area contributed by atoms with Crippen molar-refractivity contribution in [2.75, 3.05) is 25.6 Å². The number of nitrogens with zero attached hydrogens (tertiary/aromatic N) is 1. The summed E-state index contributed by atoms with van der Waals surface area (Å²) in [7, 11) is 1.83. The first-order valence-corrected chi connectivity index (χ1v) is 4.23. The molecule has 4 heteroatoms. The number of nitrogens with one attached hydrogen (secondary N) is 1. The minimum atomic E-state index is 0.152.